The van der Waals surface area contributed by atoms with Gasteiger partial charge in [0.1, 0.15) is 5.69 Å². The number of pyridine rings is 1. The van der Waals surface area contributed by atoms with Crippen molar-refractivity contribution in [3.05, 3.63) is 35.2 Å². The predicted molar refractivity (Wildman–Crippen MR) is 83.0 cm³/mol. The van der Waals surface area contributed by atoms with Gasteiger partial charge in [-0.2, -0.15) is 0 Å². The molecule has 0 bridgehead atoms. The fourth-order valence-electron chi connectivity index (χ4n) is 2.64. The Morgan fingerprint density at radius 3 is 3.05 bits per heavy atom. The van der Waals surface area contributed by atoms with Crippen LogP contribution >= 0.6 is 11.6 Å². The van der Waals surface area contributed by atoms with Gasteiger partial charge < -0.3 is 9.80 Å². The minimum absolute atomic E-state index is 0.138. The van der Waals surface area contributed by atoms with E-state index in [9.17, 15) is 9.59 Å². The molecule has 2 aromatic rings. The zero-order valence-electron chi connectivity index (χ0n) is 12.3. The van der Waals surface area contributed by atoms with Crippen LogP contribution in [-0.4, -0.2) is 57.7 Å². The summed E-state index contributed by atoms with van der Waals surface area (Å²) in [4.78, 5) is 31.7. The molecule has 116 valence electrons. The van der Waals surface area contributed by atoms with Gasteiger partial charge in [0.25, 0.3) is 5.91 Å². The van der Waals surface area contributed by atoms with E-state index in [1.54, 1.807) is 39.6 Å². The van der Waals surface area contributed by atoms with Crippen LogP contribution in [0.5, 0.6) is 0 Å². The Labute approximate surface area is 133 Å². The maximum Gasteiger partial charge on any atom is 0.272 e. The molecule has 0 N–H and O–H groups in total. The van der Waals surface area contributed by atoms with Crippen molar-refractivity contribution in [1.82, 2.24) is 19.2 Å². The molecule has 0 spiro atoms. The lowest BCUT2D eigenvalue weighted by atomic mass is 10.3. The summed E-state index contributed by atoms with van der Waals surface area (Å²) in [6.45, 7) is 1.85. The summed E-state index contributed by atoms with van der Waals surface area (Å²) in [6.07, 6.45) is 4.81. The SMILES string of the molecule is CN(CCN1CCCC1=O)C(=O)c1cnc2c(Cl)cccn12. The molecular formula is C15H17ClN4O2. The molecule has 6 nitrogen and oxygen atoms in total. The molecule has 1 saturated heterocycles. The maximum atomic E-state index is 12.5. The summed E-state index contributed by atoms with van der Waals surface area (Å²) in [5.74, 6) is 0.0313. The number of amides is 2. The number of nitrogens with zero attached hydrogens (tertiary/aromatic N) is 4. The lowest BCUT2D eigenvalue weighted by Gasteiger charge is -2.21. The molecule has 1 aliphatic rings. The average Bonchev–Trinajstić information content (AvgIpc) is 3.11. The number of likely N-dealkylation sites (N-methyl/N-ethyl adjacent to an activating group) is 1. The van der Waals surface area contributed by atoms with Crippen LogP contribution in [0.25, 0.3) is 5.65 Å². The van der Waals surface area contributed by atoms with Gasteiger partial charge in [-0.15, -0.1) is 0 Å². The molecule has 3 rings (SSSR count). The van der Waals surface area contributed by atoms with Crippen LogP contribution in [0.3, 0.4) is 0 Å². The van der Waals surface area contributed by atoms with Crippen molar-refractivity contribution in [3.63, 3.8) is 0 Å². The van der Waals surface area contributed by atoms with Crippen LogP contribution in [0.4, 0.5) is 0 Å². The third kappa shape index (κ3) is 2.66. The highest BCUT2D eigenvalue weighted by Crippen LogP contribution is 2.17. The van der Waals surface area contributed by atoms with Crippen molar-refractivity contribution in [1.29, 1.82) is 0 Å². The van der Waals surface area contributed by atoms with Crippen LogP contribution in [-0.2, 0) is 4.79 Å². The van der Waals surface area contributed by atoms with Gasteiger partial charge in [-0.05, 0) is 18.6 Å². The normalized spacial score (nSPS) is 14.8. The molecule has 3 heterocycles. The minimum atomic E-state index is -0.138. The van der Waals surface area contributed by atoms with E-state index in [4.69, 9.17) is 11.6 Å². The van der Waals surface area contributed by atoms with Crippen LogP contribution in [0.2, 0.25) is 5.02 Å². The lowest BCUT2D eigenvalue weighted by molar-refractivity contribution is -0.127. The van der Waals surface area contributed by atoms with Crippen molar-refractivity contribution in [3.8, 4) is 0 Å². The van der Waals surface area contributed by atoms with Gasteiger partial charge in [-0.3, -0.25) is 14.0 Å². The number of carbonyl (C=O) groups is 2. The Hall–Kier alpha value is -2.08. The smallest absolute Gasteiger partial charge is 0.272 e. The van der Waals surface area contributed by atoms with Gasteiger partial charge in [-0.1, -0.05) is 11.6 Å². The first-order valence-electron chi connectivity index (χ1n) is 7.23. The Kier molecular flexibility index (Phi) is 4.02. The first-order valence-corrected chi connectivity index (χ1v) is 7.60. The summed E-state index contributed by atoms with van der Waals surface area (Å²) in [7, 11) is 1.73. The molecule has 0 aliphatic carbocycles. The van der Waals surface area contributed by atoms with E-state index >= 15 is 0 Å². The number of hydrogen-bond acceptors (Lipinski definition) is 3. The fourth-order valence-corrected chi connectivity index (χ4v) is 2.86. The highest BCUT2D eigenvalue weighted by molar-refractivity contribution is 6.33. The monoisotopic (exact) mass is 320 g/mol. The minimum Gasteiger partial charge on any atom is -0.341 e. The van der Waals surface area contributed by atoms with Crippen LogP contribution in [0.1, 0.15) is 23.3 Å². The molecule has 1 aliphatic heterocycles. The van der Waals surface area contributed by atoms with Gasteiger partial charge in [0.15, 0.2) is 5.65 Å². The zero-order chi connectivity index (χ0) is 15.7. The molecule has 7 heteroatoms. The van der Waals surface area contributed by atoms with E-state index in [1.807, 2.05) is 0 Å². The van der Waals surface area contributed by atoms with Crippen molar-refractivity contribution in [2.75, 3.05) is 26.7 Å². The number of imidazole rings is 1. The number of rotatable bonds is 4. The van der Waals surface area contributed by atoms with E-state index in [-0.39, 0.29) is 11.8 Å². The summed E-state index contributed by atoms with van der Waals surface area (Å²) < 4.78 is 1.68. The van der Waals surface area contributed by atoms with Crippen molar-refractivity contribution >= 4 is 29.1 Å². The first kappa shape index (κ1) is 14.8. The first-order chi connectivity index (χ1) is 10.6. The highest BCUT2D eigenvalue weighted by atomic mass is 35.5. The second-order valence-electron chi connectivity index (χ2n) is 5.40. The fraction of sp³-hybridized carbons (Fsp3) is 0.400. The van der Waals surface area contributed by atoms with E-state index < -0.39 is 0 Å². The Bertz CT molecular complexity index is 727. The Morgan fingerprint density at radius 2 is 2.32 bits per heavy atom. The molecular weight excluding hydrogens is 304 g/mol. The molecule has 2 aromatic heterocycles. The molecule has 0 unspecified atom stereocenters. The molecule has 0 radical (unpaired) electrons. The number of fused-ring (bicyclic) bond motifs is 1. The lowest BCUT2D eigenvalue weighted by Crippen LogP contribution is -2.37. The van der Waals surface area contributed by atoms with Gasteiger partial charge in [0.2, 0.25) is 5.91 Å². The van der Waals surface area contributed by atoms with E-state index in [0.717, 1.165) is 13.0 Å². The zero-order valence-corrected chi connectivity index (χ0v) is 13.1. The van der Waals surface area contributed by atoms with Crippen molar-refractivity contribution in [2.24, 2.45) is 0 Å². The van der Waals surface area contributed by atoms with E-state index in [1.165, 1.54) is 6.20 Å². The molecule has 1 fully saturated rings. The van der Waals surface area contributed by atoms with E-state index in [0.29, 0.717) is 35.9 Å². The molecule has 22 heavy (non-hydrogen) atoms. The largest absolute Gasteiger partial charge is 0.341 e. The van der Waals surface area contributed by atoms with Crippen LogP contribution < -0.4 is 0 Å². The quantitative estimate of drug-likeness (QED) is 0.861. The third-order valence-electron chi connectivity index (χ3n) is 3.93. The van der Waals surface area contributed by atoms with Gasteiger partial charge in [0, 0.05) is 39.3 Å². The molecule has 2 amide bonds. The van der Waals surface area contributed by atoms with Gasteiger partial charge in [-0.25, -0.2) is 4.98 Å². The number of hydrogen-bond donors (Lipinski definition) is 0. The summed E-state index contributed by atoms with van der Waals surface area (Å²) in [5, 5.41) is 0.506. The summed E-state index contributed by atoms with van der Waals surface area (Å²) in [6, 6.07) is 3.51. The third-order valence-corrected chi connectivity index (χ3v) is 4.23. The van der Waals surface area contributed by atoms with Crippen molar-refractivity contribution < 1.29 is 9.59 Å². The average molecular weight is 321 g/mol. The molecule has 0 aromatic carbocycles. The Morgan fingerprint density at radius 1 is 1.50 bits per heavy atom. The standard InChI is InChI=1S/C15H17ClN4O2/c1-18(8-9-19-6-3-5-13(19)21)15(22)12-10-17-14-11(16)4-2-7-20(12)14/h2,4,7,10H,3,5-6,8-9H2,1H3. The number of carbonyl (C=O) groups excluding carboxylic acids is 2. The predicted octanol–water partition coefficient (Wildman–Crippen LogP) is 1.68. The summed E-state index contributed by atoms with van der Waals surface area (Å²) >= 11 is 6.07. The second-order valence-corrected chi connectivity index (χ2v) is 5.81. The van der Waals surface area contributed by atoms with Gasteiger partial charge in [0.05, 0.1) is 11.2 Å². The number of likely N-dealkylation sites (tertiary alicyclic amines) is 1. The second kappa shape index (κ2) is 5.96. The highest BCUT2D eigenvalue weighted by Gasteiger charge is 2.22. The van der Waals surface area contributed by atoms with Gasteiger partial charge >= 0.3 is 0 Å². The molecule has 0 atom stereocenters. The van der Waals surface area contributed by atoms with Crippen LogP contribution in [0.15, 0.2) is 24.5 Å². The van der Waals surface area contributed by atoms with E-state index in [2.05, 4.69) is 4.98 Å². The Balaban J connectivity index is 1.72. The number of aromatic nitrogens is 2. The topological polar surface area (TPSA) is 57.9 Å². The number of halogens is 1. The van der Waals surface area contributed by atoms with Crippen LogP contribution in [0, 0.1) is 0 Å². The van der Waals surface area contributed by atoms with Crippen molar-refractivity contribution in [2.45, 2.75) is 12.8 Å². The molecule has 0 saturated carbocycles. The maximum absolute atomic E-state index is 12.5. The summed E-state index contributed by atoms with van der Waals surface area (Å²) in [5.41, 5.74) is 1.03.